The minimum Gasteiger partial charge on any atom is -0.481 e. The molecule has 0 aliphatic rings. The molecule has 0 aromatic carbocycles. The number of aliphatic carboxylic acids is 1. The standard InChI is InChI=1S/C9H17NO4/c1-3-7(12)10-5-9(2,6-11)4-8(13)14/h11H,3-6H2,1-2H3,(H,10,12)(H,13,14). The van der Waals surface area contributed by atoms with Gasteiger partial charge in [-0.05, 0) is 0 Å². The van der Waals surface area contributed by atoms with Gasteiger partial charge in [0.2, 0.25) is 5.91 Å². The van der Waals surface area contributed by atoms with Crippen LogP contribution < -0.4 is 5.32 Å². The lowest BCUT2D eigenvalue weighted by molar-refractivity contribution is -0.140. The smallest absolute Gasteiger partial charge is 0.304 e. The van der Waals surface area contributed by atoms with Crippen LogP contribution in [0.3, 0.4) is 0 Å². The summed E-state index contributed by atoms with van der Waals surface area (Å²) in [6.07, 6.45) is 0.197. The second kappa shape index (κ2) is 5.59. The summed E-state index contributed by atoms with van der Waals surface area (Å²) in [6.45, 7) is 3.26. The summed E-state index contributed by atoms with van der Waals surface area (Å²) in [4.78, 5) is 21.4. The van der Waals surface area contributed by atoms with Gasteiger partial charge in [-0.1, -0.05) is 13.8 Å². The van der Waals surface area contributed by atoms with E-state index in [1.54, 1.807) is 13.8 Å². The number of carboxylic acids is 1. The molecule has 3 N–H and O–H groups in total. The van der Waals surface area contributed by atoms with Gasteiger partial charge in [-0.25, -0.2) is 0 Å². The van der Waals surface area contributed by atoms with E-state index in [4.69, 9.17) is 10.2 Å². The van der Waals surface area contributed by atoms with Gasteiger partial charge in [-0.15, -0.1) is 0 Å². The molecule has 5 nitrogen and oxygen atoms in total. The molecule has 0 aliphatic heterocycles. The highest BCUT2D eigenvalue weighted by atomic mass is 16.4. The average molecular weight is 203 g/mol. The lowest BCUT2D eigenvalue weighted by Crippen LogP contribution is -2.39. The van der Waals surface area contributed by atoms with Crippen molar-refractivity contribution in [3.8, 4) is 0 Å². The van der Waals surface area contributed by atoms with Crippen LogP contribution in [0.5, 0.6) is 0 Å². The van der Waals surface area contributed by atoms with E-state index in [-0.39, 0.29) is 25.5 Å². The van der Waals surface area contributed by atoms with E-state index in [0.29, 0.717) is 6.42 Å². The van der Waals surface area contributed by atoms with E-state index in [0.717, 1.165) is 0 Å². The Kier molecular flexibility index (Phi) is 5.15. The van der Waals surface area contributed by atoms with Gasteiger partial charge in [0.15, 0.2) is 0 Å². The highest BCUT2D eigenvalue weighted by Crippen LogP contribution is 2.19. The van der Waals surface area contributed by atoms with E-state index < -0.39 is 11.4 Å². The highest BCUT2D eigenvalue weighted by Gasteiger charge is 2.27. The maximum Gasteiger partial charge on any atom is 0.304 e. The molecule has 5 heteroatoms. The Labute approximate surface area is 83.1 Å². The quantitative estimate of drug-likeness (QED) is 0.566. The second-order valence-electron chi connectivity index (χ2n) is 3.67. The van der Waals surface area contributed by atoms with E-state index in [1.165, 1.54) is 0 Å². The number of aliphatic hydroxyl groups is 1. The molecule has 0 radical (unpaired) electrons. The van der Waals surface area contributed by atoms with Crippen LogP contribution in [-0.4, -0.2) is 35.2 Å². The molecule has 0 aliphatic carbocycles. The number of carboxylic acid groups (broad SMARTS) is 1. The van der Waals surface area contributed by atoms with Crippen LogP contribution >= 0.6 is 0 Å². The minimum atomic E-state index is -0.979. The highest BCUT2D eigenvalue weighted by molar-refractivity contribution is 5.75. The van der Waals surface area contributed by atoms with Crippen molar-refractivity contribution < 1.29 is 19.8 Å². The van der Waals surface area contributed by atoms with Gasteiger partial charge < -0.3 is 15.5 Å². The number of rotatable bonds is 6. The van der Waals surface area contributed by atoms with Gasteiger partial charge in [0.1, 0.15) is 0 Å². The molecule has 0 saturated carbocycles. The van der Waals surface area contributed by atoms with Gasteiger partial charge in [0.25, 0.3) is 0 Å². The summed E-state index contributed by atoms with van der Waals surface area (Å²) in [5, 5.41) is 20.2. The predicted molar refractivity (Wildman–Crippen MR) is 50.7 cm³/mol. The largest absolute Gasteiger partial charge is 0.481 e. The van der Waals surface area contributed by atoms with E-state index in [1.807, 2.05) is 0 Å². The van der Waals surface area contributed by atoms with Crippen molar-refractivity contribution in [2.24, 2.45) is 5.41 Å². The molecule has 82 valence electrons. The Hall–Kier alpha value is -1.10. The zero-order valence-electron chi connectivity index (χ0n) is 8.54. The van der Waals surface area contributed by atoms with Crippen molar-refractivity contribution in [1.29, 1.82) is 0 Å². The number of hydrogen-bond acceptors (Lipinski definition) is 3. The Bertz CT molecular complexity index is 217. The van der Waals surface area contributed by atoms with Crippen LogP contribution in [0.4, 0.5) is 0 Å². The van der Waals surface area contributed by atoms with Crippen molar-refractivity contribution in [1.82, 2.24) is 5.32 Å². The van der Waals surface area contributed by atoms with Crippen LogP contribution in [0.25, 0.3) is 0 Å². The van der Waals surface area contributed by atoms with Gasteiger partial charge in [0.05, 0.1) is 13.0 Å². The third kappa shape index (κ3) is 4.81. The summed E-state index contributed by atoms with van der Waals surface area (Å²) in [7, 11) is 0. The summed E-state index contributed by atoms with van der Waals surface area (Å²) in [5.41, 5.74) is -0.781. The lowest BCUT2D eigenvalue weighted by Gasteiger charge is -2.25. The summed E-state index contributed by atoms with van der Waals surface area (Å²) < 4.78 is 0. The lowest BCUT2D eigenvalue weighted by atomic mass is 9.88. The maximum atomic E-state index is 10.9. The first-order valence-corrected chi connectivity index (χ1v) is 4.53. The van der Waals surface area contributed by atoms with Crippen LogP contribution in [-0.2, 0) is 9.59 Å². The van der Waals surface area contributed by atoms with Crippen molar-refractivity contribution in [3.05, 3.63) is 0 Å². The molecule has 0 aromatic heterocycles. The van der Waals surface area contributed by atoms with Crippen LogP contribution in [0.1, 0.15) is 26.7 Å². The molecule has 0 bridgehead atoms. The number of nitrogens with one attached hydrogen (secondary N) is 1. The van der Waals surface area contributed by atoms with Crippen LogP contribution in [0, 0.1) is 5.41 Å². The molecular formula is C9H17NO4. The Morgan fingerprint density at radius 1 is 1.43 bits per heavy atom. The Balaban J connectivity index is 4.11. The first-order valence-electron chi connectivity index (χ1n) is 4.53. The predicted octanol–water partition coefficient (Wildman–Crippen LogP) is -0.0141. The van der Waals surface area contributed by atoms with Crippen molar-refractivity contribution in [2.75, 3.05) is 13.2 Å². The fraction of sp³-hybridized carbons (Fsp3) is 0.778. The molecule has 1 atom stereocenters. The normalized spacial score (nSPS) is 14.5. The molecule has 14 heavy (non-hydrogen) atoms. The van der Waals surface area contributed by atoms with Gasteiger partial charge >= 0.3 is 5.97 Å². The SMILES string of the molecule is CCC(=O)NCC(C)(CO)CC(=O)O. The molecule has 0 saturated heterocycles. The second-order valence-corrected chi connectivity index (χ2v) is 3.67. The molecule has 0 spiro atoms. The third-order valence-electron chi connectivity index (χ3n) is 1.99. The fourth-order valence-electron chi connectivity index (χ4n) is 0.976. The molecular weight excluding hydrogens is 186 g/mol. The van der Waals surface area contributed by atoms with Crippen molar-refractivity contribution in [3.63, 3.8) is 0 Å². The fourth-order valence-corrected chi connectivity index (χ4v) is 0.976. The number of aliphatic hydroxyl groups excluding tert-OH is 1. The van der Waals surface area contributed by atoms with Gasteiger partial charge in [0, 0.05) is 18.4 Å². The maximum absolute atomic E-state index is 10.9. The summed E-state index contributed by atoms with van der Waals surface area (Å²) in [5.74, 6) is -1.12. The number of hydrogen-bond donors (Lipinski definition) is 3. The minimum absolute atomic E-state index is 0.143. The van der Waals surface area contributed by atoms with Crippen molar-refractivity contribution >= 4 is 11.9 Å². The third-order valence-corrected chi connectivity index (χ3v) is 1.99. The monoisotopic (exact) mass is 203 g/mol. The molecule has 0 fully saturated rings. The Morgan fingerprint density at radius 2 is 2.00 bits per heavy atom. The number of carbonyl (C=O) groups is 2. The van der Waals surface area contributed by atoms with E-state index >= 15 is 0 Å². The van der Waals surface area contributed by atoms with Crippen LogP contribution in [0.15, 0.2) is 0 Å². The zero-order chi connectivity index (χ0) is 11.2. The van der Waals surface area contributed by atoms with Crippen molar-refractivity contribution in [2.45, 2.75) is 26.7 Å². The number of carbonyl (C=O) groups excluding carboxylic acids is 1. The number of amides is 1. The van der Waals surface area contributed by atoms with E-state index in [2.05, 4.69) is 5.32 Å². The Morgan fingerprint density at radius 3 is 2.36 bits per heavy atom. The molecule has 1 amide bonds. The van der Waals surface area contributed by atoms with E-state index in [9.17, 15) is 9.59 Å². The molecule has 0 heterocycles. The molecule has 0 aromatic rings. The molecule has 1 unspecified atom stereocenters. The average Bonchev–Trinajstić information content (AvgIpc) is 2.13. The van der Waals surface area contributed by atoms with Gasteiger partial charge in [-0.3, -0.25) is 9.59 Å². The summed E-state index contributed by atoms with van der Waals surface area (Å²) >= 11 is 0. The topological polar surface area (TPSA) is 86.6 Å². The first-order chi connectivity index (χ1) is 6.43. The zero-order valence-corrected chi connectivity index (χ0v) is 8.54. The van der Waals surface area contributed by atoms with Crippen LogP contribution in [0.2, 0.25) is 0 Å². The summed E-state index contributed by atoms with van der Waals surface area (Å²) in [6, 6.07) is 0. The first kappa shape index (κ1) is 12.9. The van der Waals surface area contributed by atoms with Gasteiger partial charge in [-0.2, -0.15) is 0 Å². The molecule has 0 rings (SSSR count).